The van der Waals surface area contributed by atoms with E-state index in [0.717, 1.165) is 45.0 Å². The van der Waals surface area contributed by atoms with E-state index in [1.54, 1.807) is 26.1 Å². The van der Waals surface area contributed by atoms with Crippen molar-refractivity contribution in [1.82, 2.24) is 24.1 Å². The number of ether oxygens (including phenoxy) is 1. The third-order valence-corrected chi connectivity index (χ3v) is 6.73. The Morgan fingerprint density at radius 1 is 1.23 bits per heavy atom. The minimum absolute atomic E-state index is 0.0891. The smallest absolute Gasteiger partial charge is 0.383 e. The predicted molar refractivity (Wildman–Crippen MR) is 138 cm³/mol. The Kier molecular flexibility index (Phi) is 5.08. The number of halogens is 3. The average Bonchev–Trinajstić information content (AvgIpc) is 3.60. The van der Waals surface area contributed by atoms with Gasteiger partial charge in [0.2, 0.25) is 0 Å². The fourth-order valence-corrected chi connectivity index (χ4v) is 4.88. The van der Waals surface area contributed by atoms with E-state index in [1.165, 1.54) is 16.9 Å². The first-order chi connectivity index (χ1) is 19.3. The molecule has 6 rings (SSSR count). The van der Waals surface area contributed by atoms with Gasteiger partial charge >= 0.3 is 6.18 Å². The number of hydrogen-bond donors (Lipinski definition) is 1. The molecule has 0 saturated carbocycles. The van der Waals surface area contributed by atoms with Crippen LogP contribution < -0.4 is 10.6 Å². The maximum atomic E-state index is 14.2. The first-order valence-electron chi connectivity index (χ1n) is 13.0. The monoisotopic (exact) mass is 537 g/mol. The molecule has 0 fully saturated rings. The van der Waals surface area contributed by atoms with Gasteiger partial charge in [-0.3, -0.25) is 14.4 Å². The lowest BCUT2D eigenvalue weighted by Gasteiger charge is -2.21. The molecule has 0 aliphatic carbocycles. The Morgan fingerprint density at radius 3 is 2.74 bits per heavy atom. The number of aromatic nitrogens is 5. The summed E-state index contributed by atoms with van der Waals surface area (Å²) in [5.41, 5.74) is 7.89. The molecule has 0 unspecified atom stereocenters. The summed E-state index contributed by atoms with van der Waals surface area (Å²) >= 11 is 0. The summed E-state index contributed by atoms with van der Waals surface area (Å²) in [6, 6.07) is 6.80. The lowest BCUT2D eigenvalue weighted by Crippen LogP contribution is -2.31. The van der Waals surface area contributed by atoms with E-state index in [9.17, 15) is 18.0 Å². The molecule has 1 aliphatic rings. The molecule has 0 saturated heterocycles. The number of nitrogens with two attached hydrogens (primary N) is 1. The highest BCUT2D eigenvalue weighted by atomic mass is 19.4. The van der Waals surface area contributed by atoms with Gasteiger partial charge in [0.1, 0.15) is 11.5 Å². The second-order valence-corrected chi connectivity index (χ2v) is 9.41. The molecule has 5 heterocycles. The lowest BCUT2D eigenvalue weighted by molar-refractivity contribution is -0.137. The van der Waals surface area contributed by atoms with Gasteiger partial charge in [-0.05, 0) is 49.7 Å². The van der Waals surface area contributed by atoms with Gasteiger partial charge in [0, 0.05) is 42.2 Å². The zero-order valence-corrected chi connectivity index (χ0v) is 21.1. The number of nitrogen functional groups attached to an aromatic ring is 1. The Morgan fingerprint density at radius 2 is 2.03 bits per heavy atom. The van der Waals surface area contributed by atoms with E-state index in [1.807, 2.05) is 6.92 Å². The number of alkyl halides is 3. The molecule has 2 N–H and O–H groups in total. The van der Waals surface area contributed by atoms with Crippen LogP contribution in [-0.4, -0.2) is 30.1 Å². The van der Waals surface area contributed by atoms with Crippen molar-refractivity contribution < 1.29 is 25.4 Å². The molecule has 0 spiro atoms. The van der Waals surface area contributed by atoms with Crippen LogP contribution in [0.4, 0.5) is 24.7 Å². The van der Waals surface area contributed by atoms with E-state index in [2.05, 4.69) is 15.1 Å². The second-order valence-electron chi connectivity index (χ2n) is 9.41. The van der Waals surface area contributed by atoms with Crippen LogP contribution >= 0.6 is 0 Å². The van der Waals surface area contributed by atoms with Gasteiger partial charge in [-0.1, -0.05) is 0 Å². The van der Waals surface area contributed by atoms with E-state index < -0.39 is 24.1 Å². The van der Waals surface area contributed by atoms with Crippen molar-refractivity contribution in [1.29, 1.82) is 0 Å². The van der Waals surface area contributed by atoms with Crippen LogP contribution in [0, 0.1) is 6.92 Å². The van der Waals surface area contributed by atoms with E-state index in [4.69, 9.17) is 13.2 Å². The number of amides is 1. The number of pyridine rings is 2. The normalized spacial score (nSPS) is 16.4. The number of imidazole rings is 1. The average molecular weight is 538 g/mol. The van der Waals surface area contributed by atoms with Gasteiger partial charge in [-0.2, -0.15) is 18.3 Å². The quantitative estimate of drug-likeness (QED) is 0.348. The van der Waals surface area contributed by atoms with Gasteiger partial charge in [0.15, 0.2) is 0 Å². The molecule has 39 heavy (non-hydrogen) atoms. The topological polar surface area (TPSA) is 104 Å². The third-order valence-electron chi connectivity index (χ3n) is 6.73. The molecule has 4 aromatic heterocycles. The molecule has 0 bridgehead atoms. The molecular weight excluding hydrogens is 511 g/mol. The maximum absolute atomic E-state index is 14.2. The van der Waals surface area contributed by atoms with Crippen molar-refractivity contribution in [3.63, 3.8) is 0 Å². The Bertz CT molecular complexity index is 1870. The van der Waals surface area contributed by atoms with Crippen LogP contribution in [0.1, 0.15) is 54.2 Å². The molecule has 1 aliphatic heterocycles. The number of carbonyl (C=O) groups is 1. The number of carbonyl (C=O) groups excluding carboxylic acids is 1. The Labute approximate surface area is 223 Å². The molecule has 200 valence electrons. The molecule has 1 amide bonds. The number of fused-ring (bicyclic) bond motifs is 4. The van der Waals surface area contributed by atoms with Gasteiger partial charge in [-0.25, -0.2) is 9.97 Å². The van der Waals surface area contributed by atoms with Crippen molar-refractivity contribution in [3.05, 3.63) is 82.6 Å². The minimum Gasteiger partial charge on any atom is -0.383 e. The van der Waals surface area contributed by atoms with Crippen LogP contribution in [0.2, 0.25) is 0 Å². The SMILES string of the molecule is [2H]C([2H])(c1cn2cc(C(F)(F)F)ccc2n1)N(C(=O)c1ccc2nc(N)c3c(c2c1)CO[C@@H]3C)c1cn(C)nc1C. The largest absolute Gasteiger partial charge is 0.417 e. The minimum atomic E-state index is -4.59. The Hall–Kier alpha value is -4.45. The summed E-state index contributed by atoms with van der Waals surface area (Å²) in [6.07, 6.45) is -1.38. The fraction of sp³-hybridized carbons (Fsp3) is 0.259. The van der Waals surface area contributed by atoms with Crippen LogP contribution in [0.25, 0.3) is 16.6 Å². The lowest BCUT2D eigenvalue weighted by atomic mass is 10.00. The summed E-state index contributed by atoms with van der Waals surface area (Å²) in [5.74, 6) is -0.361. The standard InChI is InChI=1S/C27H24F3N7O2/c1-14-22(12-35(3)34-14)37(11-18-10-36-9-17(27(28,29)30)5-7-23(36)32-18)26(38)16-4-6-21-19(8-16)20-13-39-15(2)24(20)25(31)33-21/h4-10,12,15H,11,13H2,1-3H3,(H2,31,33)/t15-/m1/s1/i11D2. The fourth-order valence-electron chi connectivity index (χ4n) is 4.88. The molecule has 1 atom stereocenters. The van der Waals surface area contributed by atoms with Crippen molar-refractivity contribution in [3.8, 4) is 0 Å². The number of aryl methyl sites for hydroxylation is 2. The van der Waals surface area contributed by atoms with Crippen LogP contribution in [0.15, 0.2) is 48.9 Å². The van der Waals surface area contributed by atoms with Gasteiger partial charge in [0.25, 0.3) is 5.91 Å². The zero-order chi connectivity index (χ0) is 29.4. The molecule has 1 aromatic carbocycles. The first kappa shape index (κ1) is 22.5. The third kappa shape index (κ3) is 4.26. The molecule has 0 radical (unpaired) electrons. The predicted octanol–water partition coefficient (Wildman–Crippen LogP) is 4.96. The van der Waals surface area contributed by atoms with Crippen molar-refractivity contribution >= 4 is 34.0 Å². The van der Waals surface area contributed by atoms with Crippen LogP contribution in [-0.2, 0) is 31.1 Å². The second kappa shape index (κ2) is 8.80. The number of nitrogens with zero attached hydrogens (tertiary/aromatic N) is 6. The zero-order valence-electron chi connectivity index (χ0n) is 23.1. The van der Waals surface area contributed by atoms with Crippen LogP contribution in [0.5, 0.6) is 0 Å². The highest BCUT2D eigenvalue weighted by molar-refractivity contribution is 6.08. The van der Waals surface area contributed by atoms with Crippen molar-refractivity contribution in [2.24, 2.45) is 7.05 Å². The van der Waals surface area contributed by atoms with E-state index >= 15 is 0 Å². The maximum Gasteiger partial charge on any atom is 0.417 e. The summed E-state index contributed by atoms with van der Waals surface area (Å²) in [7, 11) is 1.63. The van der Waals surface area contributed by atoms with Crippen molar-refractivity contribution in [2.75, 3.05) is 10.6 Å². The number of rotatable bonds is 4. The van der Waals surface area contributed by atoms with Crippen molar-refractivity contribution in [2.45, 2.75) is 39.2 Å². The highest BCUT2D eigenvalue weighted by Crippen LogP contribution is 2.38. The van der Waals surface area contributed by atoms with E-state index in [-0.39, 0.29) is 35.3 Å². The number of anilines is 2. The Balaban J connectivity index is 1.50. The van der Waals surface area contributed by atoms with Gasteiger partial charge in [-0.15, -0.1) is 0 Å². The summed E-state index contributed by atoms with van der Waals surface area (Å²) in [4.78, 5) is 23.8. The molecule has 5 aromatic rings. The first-order valence-corrected chi connectivity index (χ1v) is 12.0. The molecule has 9 nitrogen and oxygen atoms in total. The molecule has 12 heteroatoms. The number of benzene rings is 1. The number of hydrogen-bond acceptors (Lipinski definition) is 6. The summed E-state index contributed by atoms with van der Waals surface area (Å²) in [5, 5.41) is 4.93. The summed E-state index contributed by atoms with van der Waals surface area (Å²) in [6.45, 7) is 1.18. The highest BCUT2D eigenvalue weighted by Gasteiger charge is 2.31. The van der Waals surface area contributed by atoms with Gasteiger partial charge in [0.05, 0.1) is 50.1 Å². The molecular formula is C27H24F3N7O2. The van der Waals surface area contributed by atoms with Crippen LogP contribution in [0.3, 0.4) is 0 Å². The van der Waals surface area contributed by atoms with E-state index in [0.29, 0.717) is 22.4 Å². The van der Waals surface area contributed by atoms with Gasteiger partial charge < -0.3 is 14.9 Å². The summed E-state index contributed by atoms with van der Waals surface area (Å²) < 4.78 is 66.3.